The molecule has 2 nitrogen and oxygen atoms in total. The number of carbonyl (C=O) groups excluding carboxylic acids is 1. The Kier molecular flexibility index (Phi) is 2.72. The minimum absolute atomic E-state index is 0.326. The van der Waals surface area contributed by atoms with Gasteiger partial charge in [-0.25, -0.2) is 0 Å². The highest BCUT2D eigenvalue weighted by Gasteiger charge is 2.50. The molecule has 0 aliphatic carbocycles. The number of benzene rings is 1. The molecule has 0 N–H and O–H groups in total. The van der Waals surface area contributed by atoms with E-state index in [0.717, 1.165) is 19.4 Å². The number of nitrogens with zero attached hydrogens (tertiary/aromatic N) is 1. The van der Waals surface area contributed by atoms with Crippen molar-refractivity contribution in [1.82, 2.24) is 4.90 Å². The first-order valence-electron chi connectivity index (χ1n) is 6.19. The van der Waals surface area contributed by atoms with Gasteiger partial charge in [0, 0.05) is 25.4 Å². The topological polar surface area (TPSA) is 20.3 Å². The SMILES string of the molecule is O=C1C[C@@H]2CC[C@](Cl)(C1)N2Cc1ccccc1. The summed E-state index contributed by atoms with van der Waals surface area (Å²) in [5.74, 6) is 0.326. The third kappa shape index (κ3) is 2.00. The van der Waals surface area contributed by atoms with Crippen molar-refractivity contribution in [2.75, 3.05) is 0 Å². The monoisotopic (exact) mass is 249 g/mol. The molecule has 17 heavy (non-hydrogen) atoms. The highest BCUT2D eigenvalue weighted by molar-refractivity contribution is 6.25. The molecule has 90 valence electrons. The zero-order chi connectivity index (χ0) is 11.9. The Labute approximate surface area is 107 Å². The quantitative estimate of drug-likeness (QED) is 0.593. The van der Waals surface area contributed by atoms with E-state index in [9.17, 15) is 4.79 Å². The van der Waals surface area contributed by atoms with Crippen molar-refractivity contribution in [2.45, 2.75) is 43.3 Å². The Morgan fingerprint density at radius 1 is 1.35 bits per heavy atom. The highest BCUT2D eigenvalue weighted by atomic mass is 35.5. The van der Waals surface area contributed by atoms with Gasteiger partial charge in [0.1, 0.15) is 10.8 Å². The average molecular weight is 250 g/mol. The fourth-order valence-electron chi connectivity index (χ4n) is 3.10. The minimum Gasteiger partial charge on any atom is -0.300 e. The fraction of sp³-hybridized carbons (Fsp3) is 0.500. The third-order valence-electron chi connectivity index (χ3n) is 3.94. The standard InChI is InChI=1S/C14H16ClNO/c15-14-7-6-12(8-13(17)9-14)16(14)10-11-4-2-1-3-5-11/h1-5,12H,6-10H2/t12-,14+/m0/s1. The van der Waals surface area contributed by atoms with Crippen LogP contribution >= 0.6 is 11.6 Å². The zero-order valence-electron chi connectivity index (χ0n) is 9.73. The van der Waals surface area contributed by atoms with E-state index in [0.29, 0.717) is 24.7 Å². The number of piperidine rings is 1. The Bertz CT molecular complexity index is 433. The number of Topliss-reactive ketones (excluding diaryl/α,β-unsaturated/α-hetero) is 1. The van der Waals surface area contributed by atoms with Crippen LogP contribution in [-0.4, -0.2) is 21.7 Å². The van der Waals surface area contributed by atoms with Crippen LogP contribution in [0.3, 0.4) is 0 Å². The summed E-state index contributed by atoms with van der Waals surface area (Å²) in [6.45, 7) is 0.863. The first-order chi connectivity index (χ1) is 8.17. The smallest absolute Gasteiger partial charge is 0.137 e. The van der Waals surface area contributed by atoms with Crippen LogP contribution in [0.4, 0.5) is 0 Å². The molecule has 2 aliphatic heterocycles. The van der Waals surface area contributed by atoms with Gasteiger partial charge in [0.2, 0.25) is 0 Å². The second-order valence-corrected chi connectivity index (χ2v) is 5.85. The number of rotatable bonds is 2. The third-order valence-corrected chi connectivity index (χ3v) is 4.48. The lowest BCUT2D eigenvalue weighted by Crippen LogP contribution is -2.48. The predicted octanol–water partition coefficient (Wildman–Crippen LogP) is 2.95. The van der Waals surface area contributed by atoms with E-state index in [2.05, 4.69) is 17.0 Å². The van der Waals surface area contributed by atoms with Crippen molar-refractivity contribution in [1.29, 1.82) is 0 Å². The maximum Gasteiger partial charge on any atom is 0.137 e. The van der Waals surface area contributed by atoms with Crippen LogP contribution in [-0.2, 0) is 11.3 Å². The minimum atomic E-state index is -0.407. The molecule has 0 amide bonds. The molecule has 3 rings (SSSR count). The zero-order valence-corrected chi connectivity index (χ0v) is 10.5. The van der Waals surface area contributed by atoms with E-state index in [1.54, 1.807) is 0 Å². The molecule has 2 saturated heterocycles. The normalized spacial score (nSPS) is 33.0. The van der Waals surface area contributed by atoms with E-state index in [4.69, 9.17) is 11.6 Å². The van der Waals surface area contributed by atoms with E-state index >= 15 is 0 Å². The molecule has 0 saturated carbocycles. The predicted molar refractivity (Wildman–Crippen MR) is 67.8 cm³/mol. The van der Waals surface area contributed by atoms with E-state index in [1.807, 2.05) is 18.2 Å². The summed E-state index contributed by atoms with van der Waals surface area (Å²) in [5.41, 5.74) is 1.28. The molecule has 2 atom stereocenters. The number of alkyl halides is 1. The van der Waals surface area contributed by atoms with E-state index < -0.39 is 5.00 Å². The van der Waals surface area contributed by atoms with Crippen molar-refractivity contribution in [3.63, 3.8) is 0 Å². The summed E-state index contributed by atoms with van der Waals surface area (Å²) < 4.78 is 0. The van der Waals surface area contributed by atoms with Gasteiger partial charge in [-0.2, -0.15) is 0 Å². The molecule has 1 aromatic carbocycles. The summed E-state index contributed by atoms with van der Waals surface area (Å²) in [4.78, 5) is 13.5. The number of halogens is 1. The number of carbonyl (C=O) groups is 1. The van der Waals surface area contributed by atoms with E-state index in [1.165, 1.54) is 5.56 Å². The Morgan fingerprint density at radius 2 is 2.12 bits per heavy atom. The van der Waals surface area contributed by atoms with Crippen molar-refractivity contribution >= 4 is 17.4 Å². The Morgan fingerprint density at radius 3 is 2.82 bits per heavy atom. The first kappa shape index (κ1) is 11.2. The van der Waals surface area contributed by atoms with Crippen LogP contribution in [0.15, 0.2) is 30.3 Å². The van der Waals surface area contributed by atoms with Gasteiger partial charge in [-0.15, -0.1) is 11.6 Å². The largest absolute Gasteiger partial charge is 0.300 e. The maximum absolute atomic E-state index is 11.6. The molecule has 2 aliphatic rings. The summed E-state index contributed by atoms with van der Waals surface area (Å²) >= 11 is 6.62. The van der Waals surface area contributed by atoms with Crippen LogP contribution in [0.2, 0.25) is 0 Å². The van der Waals surface area contributed by atoms with Crippen LogP contribution in [0, 0.1) is 0 Å². The van der Waals surface area contributed by atoms with Crippen molar-refractivity contribution in [3.05, 3.63) is 35.9 Å². The molecular weight excluding hydrogens is 234 g/mol. The number of hydrogen-bond acceptors (Lipinski definition) is 2. The Hall–Kier alpha value is -0.860. The molecule has 3 heteroatoms. The van der Waals surface area contributed by atoms with Crippen LogP contribution < -0.4 is 0 Å². The van der Waals surface area contributed by atoms with Gasteiger partial charge in [-0.1, -0.05) is 30.3 Å². The number of hydrogen-bond donors (Lipinski definition) is 0. The second kappa shape index (κ2) is 4.11. The lowest BCUT2D eigenvalue weighted by molar-refractivity contribution is -0.124. The molecule has 2 heterocycles. The molecule has 1 aromatic rings. The second-order valence-electron chi connectivity index (χ2n) is 5.14. The Balaban J connectivity index is 1.82. The van der Waals surface area contributed by atoms with Crippen molar-refractivity contribution in [2.24, 2.45) is 0 Å². The number of fused-ring (bicyclic) bond motifs is 2. The number of ketones is 1. The van der Waals surface area contributed by atoms with Crippen molar-refractivity contribution < 1.29 is 4.79 Å². The van der Waals surface area contributed by atoms with Crippen LogP contribution in [0.25, 0.3) is 0 Å². The summed E-state index contributed by atoms with van der Waals surface area (Å²) in [6.07, 6.45) is 3.19. The van der Waals surface area contributed by atoms with Gasteiger partial charge in [0.25, 0.3) is 0 Å². The van der Waals surface area contributed by atoms with Gasteiger partial charge in [0.05, 0.1) is 0 Å². The molecule has 0 unspecified atom stereocenters. The first-order valence-corrected chi connectivity index (χ1v) is 6.56. The molecule has 2 fully saturated rings. The molecule has 0 radical (unpaired) electrons. The van der Waals surface area contributed by atoms with Gasteiger partial charge < -0.3 is 0 Å². The fourth-order valence-corrected chi connectivity index (χ4v) is 3.56. The highest BCUT2D eigenvalue weighted by Crippen LogP contribution is 2.46. The van der Waals surface area contributed by atoms with Crippen molar-refractivity contribution in [3.8, 4) is 0 Å². The molecule has 0 aromatic heterocycles. The lowest BCUT2D eigenvalue weighted by atomic mass is 10.00. The van der Waals surface area contributed by atoms with Gasteiger partial charge >= 0.3 is 0 Å². The molecule has 2 bridgehead atoms. The maximum atomic E-state index is 11.6. The van der Waals surface area contributed by atoms with E-state index in [-0.39, 0.29) is 0 Å². The average Bonchev–Trinajstić information content (AvgIpc) is 2.51. The van der Waals surface area contributed by atoms with Crippen LogP contribution in [0.1, 0.15) is 31.2 Å². The lowest BCUT2D eigenvalue weighted by Gasteiger charge is -2.39. The molecular formula is C14H16ClNO. The van der Waals surface area contributed by atoms with Gasteiger partial charge in [-0.05, 0) is 18.4 Å². The summed E-state index contributed by atoms with van der Waals surface area (Å²) in [5, 5.41) is 0. The summed E-state index contributed by atoms with van der Waals surface area (Å²) in [6, 6.07) is 10.7. The van der Waals surface area contributed by atoms with Crippen LogP contribution in [0.5, 0.6) is 0 Å². The van der Waals surface area contributed by atoms with Gasteiger partial charge in [0.15, 0.2) is 0 Å². The van der Waals surface area contributed by atoms with Gasteiger partial charge in [-0.3, -0.25) is 9.69 Å². The summed E-state index contributed by atoms with van der Waals surface area (Å²) in [7, 11) is 0. The molecule has 0 spiro atoms.